The second-order valence-corrected chi connectivity index (χ2v) is 11.4. The Kier molecular flexibility index (Phi) is 8.75. The fourth-order valence-corrected chi connectivity index (χ4v) is 5.77. The highest BCUT2D eigenvalue weighted by Gasteiger charge is 2.14. The van der Waals surface area contributed by atoms with Crippen LogP contribution in [-0.4, -0.2) is 61.9 Å². The Balaban J connectivity index is 1.14. The highest BCUT2D eigenvalue weighted by molar-refractivity contribution is 5.95. The van der Waals surface area contributed by atoms with Gasteiger partial charge >= 0.3 is 0 Å². The first kappa shape index (κ1) is 29.2. The number of fused-ring (bicyclic) bond motifs is 1. The molecule has 0 atom stereocenters. The average molecular weight is 583 g/mol. The number of nitrogens with zero attached hydrogens (tertiary/aromatic N) is 6. The van der Waals surface area contributed by atoms with E-state index in [1.807, 2.05) is 55.6 Å². The molecule has 1 saturated heterocycles. The van der Waals surface area contributed by atoms with Gasteiger partial charge in [0, 0.05) is 54.9 Å². The predicted molar refractivity (Wildman–Crippen MR) is 177 cm³/mol. The van der Waals surface area contributed by atoms with Gasteiger partial charge in [0.1, 0.15) is 11.3 Å². The monoisotopic (exact) mass is 582 g/mol. The molecule has 0 aliphatic carbocycles. The number of hydrogen-bond acceptors (Lipinski definition) is 5. The maximum absolute atomic E-state index is 13.2. The summed E-state index contributed by atoms with van der Waals surface area (Å²) in [5.74, 6) is 0.801. The molecule has 1 aliphatic rings. The van der Waals surface area contributed by atoms with Gasteiger partial charge in [-0.15, -0.1) is 0 Å². The minimum atomic E-state index is -0.0718. The van der Waals surface area contributed by atoms with Crippen LogP contribution in [0.3, 0.4) is 0 Å². The number of likely N-dealkylation sites (tertiary alicyclic amines) is 1. The Bertz CT molecular complexity index is 1810. The van der Waals surface area contributed by atoms with E-state index in [4.69, 9.17) is 4.98 Å². The molecule has 1 aliphatic heterocycles. The highest BCUT2D eigenvalue weighted by Crippen LogP contribution is 2.24. The van der Waals surface area contributed by atoms with E-state index in [9.17, 15) is 4.79 Å². The van der Waals surface area contributed by atoms with Gasteiger partial charge in [-0.2, -0.15) is 0 Å². The summed E-state index contributed by atoms with van der Waals surface area (Å²) < 4.78 is 2.07. The fourth-order valence-electron chi connectivity index (χ4n) is 5.77. The van der Waals surface area contributed by atoms with Gasteiger partial charge in [-0.3, -0.25) is 24.2 Å². The molecule has 5 aromatic rings. The molecule has 7 nitrogen and oxygen atoms in total. The maximum Gasteiger partial charge on any atom is 0.257 e. The Morgan fingerprint density at radius 1 is 0.909 bits per heavy atom. The number of pyridine rings is 2. The summed E-state index contributed by atoms with van der Waals surface area (Å²) in [5.41, 5.74) is 8.93. The number of rotatable bonds is 9. The highest BCUT2D eigenvalue weighted by atomic mass is 16.2. The number of imidazole rings is 1. The first-order valence-electron chi connectivity index (χ1n) is 15.3. The second-order valence-electron chi connectivity index (χ2n) is 11.4. The van der Waals surface area contributed by atoms with Crippen LogP contribution >= 0.6 is 0 Å². The van der Waals surface area contributed by atoms with E-state index < -0.39 is 0 Å². The zero-order valence-corrected chi connectivity index (χ0v) is 25.6. The minimum absolute atomic E-state index is 0.0718. The standard InChI is InChI=1S/C37H38N6O/c1-27-11-13-29(14-12-27)33(20-25-42-23-4-5-24-42)34-10-6-8-31(40-34)9-7-22-41(3)37(44)30-15-17-32(18-16-30)43-28(2)39-35-26-38-21-19-36(35)43/h6-8,10-22,26H,4-5,9,23-25H2,1-3H3. The van der Waals surface area contributed by atoms with Gasteiger partial charge in [-0.25, -0.2) is 4.98 Å². The van der Waals surface area contributed by atoms with Crippen LogP contribution in [0.15, 0.2) is 104 Å². The summed E-state index contributed by atoms with van der Waals surface area (Å²) in [7, 11) is 1.79. The van der Waals surface area contributed by atoms with Crippen LogP contribution in [0.4, 0.5) is 0 Å². The van der Waals surface area contributed by atoms with Gasteiger partial charge in [-0.1, -0.05) is 48.0 Å². The van der Waals surface area contributed by atoms with Crippen LogP contribution in [0, 0.1) is 13.8 Å². The molecule has 0 bridgehead atoms. The minimum Gasteiger partial charge on any atom is -0.318 e. The average Bonchev–Trinajstić information content (AvgIpc) is 3.69. The van der Waals surface area contributed by atoms with E-state index in [2.05, 4.69) is 68.8 Å². The van der Waals surface area contributed by atoms with Crippen molar-refractivity contribution in [1.82, 2.24) is 29.3 Å². The molecule has 1 amide bonds. The topological polar surface area (TPSA) is 67.2 Å². The lowest BCUT2D eigenvalue weighted by atomic mass is 10.00. The molecule has 44 heavy (non-hydrogen) atoms. The van der Waals surface area contributed by atoms with Crippen molar-refractivity contribution >= 4 is 22.5 Å². The van der Waals surface area contributed by atoms with Gasteiger partial charge < -0.3 is 4.90 Å². The summed E-state index contributed by atoms with van der Waals surface area (Å²) in [6.07, 6.45) is 12.8. The number of carbonyl (C=O) groups is 1. The Labute approximate surface area is 259 Å². The fraction of sp³-hybridized carbons (Fsp3) is 0.243. The lowest BCUT2D eigenvalue weighted by Crippen LogP contribution is -2.21. The van der Waals surface area contributed by atoms with E-state index in [1.165, 1.54) is 24.0 Å². The third-order valence-electron chi connectivity index (χ3n) is 8.17. The zero-order valence-electron chi connectivity index (χ0n) is 25.6. The zero-order chi connectivity index (χ0) is 30.5. The van der Waals surface area contributed by atoms with E-state index >= 15 is 0 Å². The first-order chi connectivity index (χ1) is 21.5. The molecule has 2 aromatic carbocycles. The number of benzene rings is 2. The van der Waals surface area contributed by atoms with E-state index in [-0.39, 0.29) is 5.91 Å². The lowest BCUT2D eigenvalue weighted by Gasteiger charge is -2.15. The van der Waals surface area contributed by atoms with Gasteiger partial charge in [0.05, 0.1) is 17.4 Å². The first-order valence-corrected chi connectivity index (χ1v) is 15.3. The number of hydrogen-bond donors (Lipinski definition) is 0. The summed E-state index contributed by atoms with van der Waals surface area (Å²) in [6.45, 7) is 7.33. The second kappa shape index (κ2) is 13.2. The molecule has 0 spiro atoms. The molecule has 0 saturated carbocycles. The number of aryl methyl sites for hydroxylation is 2. The van der Waals surface area contributed by atoms with Crippen LogP contribution in [-0.2, 0) is 6.42 Å². The molecule has 0 radical (unpaired) electrons. The molecule has 222 valence electrons. The molecule has 3 aromatic heterocycles. The van der Waals surface area contributed by atoms with Gasteiger partial charge in [0.2, 0.25) is 0 Å². The van der Waals surface area contributed by atoms with Gasteiger partial charge in [-0.05, 0) is 87.8 Å². The third kappa shape index (κ3) is 6.53. The normalized spacial score (nSPS) is 14.1. The number of amides is 1. The summed E-state index contributed by atoms with van der Waals surface area (Å²) in [6, 6.07) is 24.5. The van der Waals surface area contributed by atoms with Crippen molar-refractivity contribution in [1.29, 1.82) is 0 Å². The van der Waals surface area contributed by atoms with Crippen molar-refractivity contribution < 1.29 is 4.79 Å². The van der Waals surface area contributed by atoms with Crippen molar-refractivity contribution in [3.05, 3.63) is 137 Å². The molecule has 7 heteroatoms. The number of allylic oxidation sites excluding steroid dienone is 1. The summed E-state index contributed by atoms with van der Waals surface area (Å²) in [5, 5.41) is 0. The summed E-state index contributed by atoms with van der Waals surface area (Å²) >= 11 is 0. The number of aromatic nitrogens is 4. The van der Waals surface area contributed by atoms with E-state index in [1.54, 1.807) is 24.3 Å². The lowest BCUT2D eigenvalue weighted by molar-refractivity contribution is 0.0849. The van der Waals surface area contributed by atoms with Crippen LogP contribution in [0.2, 0.25) is 0 Å². The van der Waals surface area contributed by atoms with Crippen LogP contribution < -0.4 is 0 Å². The largest absolute Gasteiger partial charge is 0.318 e. The van der Waals surface area contributed by atoms with Crippen molar-refractivity contribution in [2.24, 2.45) is 0 Å². The van der Waals surface area contributed by atoms with Crippen LogP contribution in [0.1, 0.15) is 51.5 Å². The number of carbonyl (C=O) groups excluding carboxylic acids is 1. The molecular weight excluding hydrogens is 544 g/mol. The van der Waals surface area contributed by atoms with E-state index in [0.29, 0.717) is 12.0 Å². The molecule has 0 N–H and O–H groups in total. The Hall–Kier alpha value is -4.88. The quantitative estimate of drug-likeness (QED) is 0.192. The van der Waals surface area contributed by atoms with Crippen molar-refractivity contribution in [3.8, 4) is 5.69 Å². The molecule has 1 fully saturated rings. The molecule has 6 rings (SSSR count). The maximum atomic E-state index is 13.2. The smallest absolute Gasteiger partial charge is 0.257 e. The van der Waals surface area contributed by atoms with Crippen LogP contribution in [0.25, 0.3) is 22.3 Å². The molecule has 0 unspecified atom stereocenters. The van der Waals surface area contributed by atoms with Gasteiger partial charge in [0.15, 0.2) is 0 Å². The molecular formula is C37H38N6O. The third-order valence-corrected chi connectivity index (χ3v) is 8.17. The van der Waals surface area contributed by atoms with Crippen molar-refractivity contribution in [2.75, 3.05) is 26.7 Å². The Morgan fingerprint density at radius 2 is 1.66 bits per heavy atom. The van der Waals surface area contributed by atoms with Crippen molar-refractivity contribution in [2.45, 2.75) is 33.1 Å². The van der Waals surface area contributed by atoms with E-state index in [0.717, 1.165) is 59.1 Å². The van der Waals surface area contributed by atoms with Gasteiger partial charge in [0.25, 0.3) is 5.91 Å². The summed E-state index contributed by atoms with van der Waals surface area (Å²) in [4.78, 5) is 31.1. The Morgan fingerprint density at radius 3 is 2.43 bits per heavy atom. The predicted octanol–water partition coefficient (Wildman–Crippen LogP) is 6.79. The van der Waals surface area contributed by atoms with Crippen LogP contribution in [0.5, 0.6) is 0 Å². The SMILES string of the molecule is Cc1ccc(C(=CCN2CCCC2)c2cccc(CC=CN(C)C(=O)c3ccc(-n4c(C)nc5cnccc54)cc3)n2)cc1. The molecule has 4 heterocycles. The van der Waals surface area contributed by atoms with Crippen molar-refractivity contribution in [3.63, 3.8) is 0 Å².